The average Bonchev–Trinajstić information content (AvgIpc) is 2.28. The lowest BCUT2D eigenvalue weighted by Crippen LogP contribution is -2.47. The van der Waals surface area contributed by atoms with Gasteiger partial charge in [-0.3, -0.25) is 4.79 Å². The van der Waals surface area contributed by atoms with Crippen LogP contribution < -0.4 is 0 Å². The van der Waals surface area contributed by atoms with E-state index in [1.165, 1.54) is 6.42 Å². The van der Waals surface area contributed by atoms with Gasteiger partial charge in [0.05, 0.1) is 0 Å². The van der Waals surface area contributed by atoms with Crippen LogP contribution >= 0.6 is 15.9 Å². The Bertz CT molecular complexity index is 412. The summed E-state index contributed by atoms with van der Waals surface area (Å²) in [4.78, 5) is 18.5. The maximum absolute atomic E-state index is 12.5. The predicted molar refractivity (Wildman–Crippen MR) is 70.9 cm³/mol. The van der Waals surface area contributed by atoms with Crippen molar-refractivity contribution in [2.45, 2.75) is 45.2 Å². The van der Waals surface area contributed by atoms with Crippen molar-refractivity contribution in [3.8, 4) is 0 Å². The van der Waals surface area contributed by atoms with E-state index in [0.717, 1.165) is 12.8 Å². The fourth-order valence-corrected chi connectivity index (χ4v) is 2.87. The number of hydrogen-bond donors (Lipinski definition) is 0. The summed E-state index contributed by atoms with van der Waals surface area (Å²) in [6.45, 7) is 4.26. The first kappa shape index (κ1) is 12.6. The molecule has 1 aromatic rings. The highest BCUT2D eigenvalue weighted by Crippen LogP contribution is 2.24. The highest BCUT2D eigenvalue weighted by atomic mass is 79.9. The number of nitrogens with zero attached hydrogens (tertiary/aromatic N) is 2. The number of carbonyl (C=O) groups excluding carboxylic acids is 1. The van der Waals surface area contributed by atoms with E-state index < -0.39 is 0 Å². The topological polar surface area (TPSA) is 33.2 Å². The van der Waals surface area contributed by atoms with Crippen LogP contribution in [0.5, 0.6) is 0 Å². The smallest absolute Gasteiger partial charge is 0.254 e. The van der Waals surface area contributed by atoms with Gasteiger partial charge in [0.1, 0.15) is 4.60 Å². The Kier molecular flexibility index (Phi) is 3.82. The molecule has 92 valence electrons. The second-order valence-electron chi connectivity index (χ2n) is 4.71. The van der Waals surface area contributed by atoms with Gasteiger partial charge in [-0.25, -0.2) is 4.98 Å². The Hall–Kier alpha value is -0.900. The van der Waals surface area contributed by atoms with Crippen LogP contribution in [0.1, 0.15) is 43.5 Å². The maximum Gasteiger partial charge on any atom is 0.254 e. The number of amides is 1. The Morgan fingerprint density at radius 2 is 2.06 bits per heavy atom. The van der Waals surface area contributed by atoms with Gasteiger partial charge in [-0.1, -0.05) is 0 Å². The number of pyridine rings is 1. The molecule has 4 heteroatoms. The molecule has 2 atom stereocenters. The molecule has 0 saturated carbocycles. The Morgan fingerprint density at radius 3 is 2.65 bits per heavy atom. The van der Waals surface area contributed by atoms with Crippen LogP contribution in [0.2, 0.25) is 0 Å². The molecular formula is C13H17BrN2O. The predicted octanol–water partition coefficient (Wildman–Crippen LogP) is 3.25. The maximum atomic E-state index is 12.5. The van der Waals surface area contributed by atoms with E-state index >= 15 is 0 Å². The first-order chi connectivity index (χ1) is 8.09. The summed E-state index contributed by atoms with van der Waals surface area (Å²) < 4.78 is 0.709. The molecule has 1 amide bonds. The van der Waals surface area contributed by atoms with Crippen LogP contribution in [-0.2, 0) is 0 Å². The summed E-state index contributed by atoms with van der Waals surface area (Å²) in [5, 5.41) is 0. The number of carbonyl (C=O) groups is 1. The molecule has 0 N–H and O–H groups in total. The van der Waals surface area contributed by atoms with Crippen LogP contribution in [0.15, 0.2) is 22.9 Å². The molecule has 1 aliphatic rings. The summed E-state index contributed by atoms with van der Waals surface area (Å²) in [6, 6.07) is 4.23. The summed E-state index contributed by atoms with van der Waals surface area (Å²) in [7, 11) is 0. The number of likely N-dealkylation sites (tertiary alicyclic amines) is 1. The third kappa shape index (κ3) is 2.68. The van der Waals surface area contributed by atoms with Crippen LogP contribution in [0.4, 0.5) is 0 Å². The molecule has 0 bridgehead atoms. The Morgan fingerprint density at radius 1 is 1.41 bits per heavy atom. The first-order valence-electron chi connectivity index (χ1n) is 6.04. The third-order valence-electron chi connectivity index (χ3n) is 3.40. The zero-order valence-corrected chi connectivity index (χ0v) is 11.8. The largest absolute Gasteiger partial charge is 0.333 e. The van der Waals surface area contributed by atoms with Crippen molar-refractivity contribution in [1.82, 2.24) is 9.88 Å². The van der Waals surface area contributed by atoms with Gasteiger partial charge < -0.3 is 4.90 Å². The number of halogens is 1. The van der Waals surface area contributed by atoms with E-state index in [9.17, 15) is 4.79 Å². The molecule has 1 saturated heterocycles. The van der Waals surface area contributed by atoms with E-state index in [4.69, 9.17) is 0 Å². The Labute approximate surface area is 110 Å². The number of aromatic nitrogens is 1. The van der Waals surface area contributed by atoms with Crippen molar-refractivity contribution < 1.29 is 4.79 Å². The fourth-order valence-electron chi connectivity index (χ4n) is 2.51. The second kappa shape index (κ2) is 5.17. The molecule has 1 fully saturated rings. The van der Waals surface area contributed by atoms with Gasteiger partial charge in [0.2, 0.25) is 0 Å². The van der Waals surface area contributed by atoms with Gasteiger partial charge in [-0.05, 0) is 61.2 Å². The monoisotopic (exact) mass is 296 g/mol. The van der Waals surface area contributed by atoms with E-state index in [-0.39, 0.29) is 5.91 Å². The van der Waals surface area contributed by atoms with Gasteiger partial charge in [0, 0.05) is 23.8 Å². The minimum absolute atomic E-state index is 0.118. The van der Waals surface area contributed by atoms with Crippen LogP contribution in [-0.4, -0.2) is 27.9 Å². The van der Waals surface area contributed by atoms with Crippen molar-refractivity contribution in [2.24, 2.45) is 0 Å². The summed E-state index contributed by atoms with van der Waals surface area (Å²) in [5.74, 6) is 0.118. The molecule has 0 spiro atoms. The highest BCUT2D eigenvalue weighted by molar-refractivity contribution is 9.10. The molecular weight excluding hydrogens is 280 g/mol. The molecule has 0 aliphatic carbocycles. The minimum Gasteiger partial charge on any atom is -0.333 e. The molecule has 2 rings (SSSR count). The van der Waals surface area contributed by atoms with E-state index in [2.05, 4.69) is 34.8 Å². The van der Waals surface area contributed by atoms with Gasteiger partial charge >= 0.3 is 0 Å². The van der Waals surface area contributed by atoms with E-state index in [1.807, 2.05) is 4.90 Å². The molecule has 3 nitrogen and oxygen atoms in total. The van der Waals surface area contributed by atoms with Crippen molar-refractivity contribution in [1.29, 1.82) is 0 Å². The SMILES string of the molecule is C[C@@H]1CCC[C@H](C)N1C(=O)c1ccnc(Br)c1. The molecule has 0 radical (unpaired) electrons. The zero-order chi connectivity index (χ0) is 12.4. The molecule has 2 heterocycles. The molecule has 1 aliphatic heterocycles. The van der Waals surface area contributed by atoms with Crippen molar-refractivity contribution in [2.75, 3.05) is 0 Å². The standard InChI is InChI=1S/C13H17BrN2O/c1-9-4-3-5-10(2)16(9)13(17)11-6-7-15-12(14)8-11/h6-10H,3-5H2,1-2H3/t9-,10+. The first-order valence-corrected chi connectivity index (χ1v) is 6.83. The summed E-state index contributed by atoms with van der Waals surface area (Å²) >= 11 is 3.30. The lowest BCUT2D eigenvalue weighted by molar-refractivity contribution is 0.0510. The lowest BCUT2D eigenvalue weighted by atomic mass is 9.96. The third-order valence-corrected chi connectivity index (χ3v) is 3.84. The van der Waals surface area contributed by atoms with Gasteiger partial charge in [0.25, 0.3) is 5.91 Å². The molecule has 0 aromatic carbocycles. The van der Waals surface area contributed by atoms with Crippen LogP contribution in [0, 0.1) is 0 Å². The van der Waals surface area contributed by atoms with Crippen LogP contribution in [0.3, 0.4) is 0 Å². The lowest BCUT2D eigenvalue weighted by Gasteiger charge is -2.39. The van der Waals surface area contributed by atoms with Crippen molar-refractivity contribution in [3.63, 3.8) is 0 Å². The number of hydrogen-bond acceptors (Lipinski definition) is 2. The zero-order valence-electron chi connectivity index (χ0n) is 10.2. The van der Waals surface area contributed by atoms with E-state index in [0.29, 0.717) is 22.3 Å². The fraction of sp³-hybridized carbons (Fsp3) is 0.538. The van der Waals surface area contributed by atoms with Crippen molar-refractivity contribution >= 4 is 21.8 Å². The average molecular weight is 297 g/mol. The quantitative estimate of drug-likeness (QED) is 0.746. The minimum atomic E-state index is 0.118. The van der Waals surface area contributed by atoms with Gasteiger partial charge in [-0.15, -0.1) is 0 Å². The number of rotatable bonds is 1. The molecule has 17 heavy (non-hydrogen) atoms. The highest BCUT2D eigenvalue weighted by Gasteiger charge is 2.29. The van der Waals surface area contributed by atoms with Crippen LogP contribution in [0.25, 0.3) is 0 Å². The number of piperidine rings is 1. The van der Waals surface area contributed by atoms with Crippen molar-refractivity contribution in [3.05, 3.63) is 28.5 Å². The normalized spacial score (nSPS) is 24.8. The van der Waals surface area contributed by atoms with E-state index in [1.54, 1.807) is 18.3 Å². The summed E-state index contributed by atoms with van der Waals surface area (Å²) in [6.07, 6.45) is 5.08. The molecule has 1 aromatic heterocycles. The Balaban J connectivity index is 2.24. The van der Waals surface area contributed by atoms with Gasteiger partial charge in [-0.2, -0.15) is 0 Å². The van der Waals surface area contributed by atoms with Gasteiger partial charge in [0.15, 0.2) is 0 Å². The second-order valence-corrected chi connectivity index (χ2v) is 5.52. The molecule has 0 unspecified atom stereocenters. The summed E-state index contributed by atoms with van der Waals surface area (Å²) in [5.41, 5.74) is 0.715.